The Balaban J connectivity index is 1.68. The third-order valence-corrected chi connectivity index (χ3v) is 3.48. The van der Waals surface area contributed by atoms with E-state index in [0.717, 1.165) is 0 Å². The van der Waals surface area contributed by atoms with Crippen LogP contribution in [-0.2, 0) is 0 Å². The first-order valence-corrected chi connectivity index (χ1v) is 7.07. The van der Waals surface area contributed by atoms with Crippen molar-refractivity contribution in [2.45, 2.75) is 6.10 Å². The lowest BCUT2D eigenvalue weighted by atomic mass is 10.2. The van der Waals surface area contributed by atoms with Crippen molar-refractivity contribution in [3.05, 3.63) is 57.6 Å². The lowest BCUT2D eigenvalue weighted by Gasteiger charge is -2.26. The molecule has 0 saturated heterocycles. The largest absolute Gasteiger partial charge is 0.486 e. The van der Waals surface area contributed by atoms with Crippen LogP contribution in [0.15, 0.2) is 42.5 Å². The average molecular weight is 321 g/mol. The van der Waals surface area contributed by atoms with Crippen molar-refractivity contribution < 1.29 is 14.4 Å². The first-order valence-electron chi connectivity index (χ1n) is 6.70. The molecule has 1 aliphatic rings. The number of para-hydroxylation sites is 2. The van der Waals surface area contributed by atoms with Crippen LogP contribution in [0.1, 0.15) is 0 Å². The molecule has 0 bridgehead atoms. The molecule has 3 rings (SSSR count). The highest BCUT2D eigenvalue weighted by Gasteiger charge is 2.22. The van der Waals surface area contributed by atoms with Crippen LogP contribution < -0.4 is 14.8 Å². The smallest absolute Gasteiger partial charge is 0.293 e. The van der Waals surface area contributed by atoms with E-state index in [0.29, 0.717) is 35.4 Å². The van der Waals surface area contributed by atoms with E-state index in [1.165, 1.54) is 6.07 Å². The molecule has 1 N–H and O–H groups in total. The molecule has 2 aromatic carbocycles. The van der Waals surface area contributed by atoms with Gasteiger partial charge in [-0.3, -0.25) is 10.1 Å². The SMILES string of the molecule is O=[N+]([O-])c1cc(Cl)ccc1NCC1COc2ccccc2O1. The summed E-state index contributed by atoms with van der Waals surface area (Å²) in [6, 6.07) is 11.9. The molecular weight excluding hydrogens is 308 g/mol. The fourth-order valence-corrected chi connectivity index (χ4v) is 2.36. The Morgan fingerprint density at radius 3 is 2.82 bits per heavy atom. The van der Waals surface area contributed by atoms with Crippen molar-refractivity contribution in [2.75, 3.05) is 18.5 Å². The maximum absolute atomic E-state index is 11.0. The highest BCUT2D eigenvalue weighted by atomic mass is 35.5. The maximum Gasteiger partial charge on any atom is 0.293 e. The minimum absolute atomic E-state index is 0.0652. The van der Waals surface area contributed by atoms with Crippen LogP contribution >= 0.6 is 11.6 Å². The third-order valence-electron chi connectivity index (χ3n) is 3.24. The predicted octanol–water partition coefficient (Wildman–Crippen LogP) is 3.50. The van der Waals surface area contributed by atoms with Crippen LogP contribution in [0.3, 0.4) is 0 Å². The first-order chi connectivity index (χ1) is 10.6. The molecule has 6 nitrogen and oxygen atoms in total. The molecule has 0 fully saturated rings. The number of halogens is 1. The summed E-state index contributed by atoms with van der Waals surface area (Å²) in [4.78, 5) is 10.6. The average Bonchev–Trinajstić information content (AvgIpc) is 2.53. The van der Waals surface area contributed by atoms with Gasteiger partial charge in [-0.1, -0.05) is 23.7 Å². The number of hydrogen-bond acceptors (Lipinski definition) is 5. The third kappa shape index (κ3) is 3.07. The zero-order chi connectivity index (χ0) is 15.5. The minimum Gasteiger partial charge on any atom is -0.486 e. The zero-order valence-electron chi connectivity index (χ0n) is 11.5. The van der Waals surface area contributed by atoms with E-state index in [1.54, 1.807) is 12.1 Å². The van der Waals surface area contributed by atoms with Crippen LogP contribution in [0, 0.1) is 10.1 Å². The maximum atomic E-state index is 11.0. The fourth-order valence-electron chi connectivity index (χ4n) is 2.19. The van der Waals surface area contributed by atoms with E-state index in [4.69, 9.17) is 21.1 Å². The molecule has 0 spiro atoms. The number of benzene rings is 2. The molecular formula is C15H13ClN2O4. The Bertz CT molecular complexity index is 708. The molecule has 2 aromatic rings. The molecule has 22 heavy (non-hydrogen) atoms. The summed E-state index contributed by atoms with van der Waals surface area (Å²) < 4.78 is 11.4. The Hall–Kier alpha value is -2.47. The van der Waals surface area contributed by atoms with Gasteiger partial charge < -0.3 is 14.8 Å². The summed E-state index contributed by atoms with van der Waals surface area (Å²) >= 11 is 5.79. The molecule has 0 saturated carbocycles. The second kappa shape index (κ2) is 6.11. The Morgan fingerprint density at radius 1 is 1.27 bits per heavy atom. The van der Waals surface area contributed by atoms with Crippen LogP contribution in [0.25, 0.3) is 0 Å². The number of nitro benzene ring substituents is 1. The van der Waals surface area contributed by atoms with E-state index in [-0.39, 0.29) is 11.8 Å². The highest BCUT2D eigenvalue weighted by Crippen LogP contribution is 2.32. The van der Waals surface area contributed by atoms with Gasteiger partial charge in [0.15, 0.2) is 11.5 Å². The number of rotatable bonds is 4. The molecule has 1 atom stereocenters. The summed E-state index contributed by atoms with van der Waals surface area (Å²) in [6.07, 6.45) is -0.231. The van der Waals surface area contributed by atoms with Gasteiger partial charge in [-0.25, -0.2) is 0 Å². The Morgan fingerprint density at radius 2 is 2.05 bits per heavy atom. The predicted molar refractivity (Wildman–Crippen MR) is 82.9 cm³/mol. The number of nitrogens with zero attached hydrogens (tertiary/aromatic N) is 1. The van der Waals surface area contributed by atoms with Crippen LogP contribution in [-0.4, -0.2) is 24.2 Å². The van der Waals surface area contributed by atoms with Crippen molar-refractivity contribution >= 4 is 23.0 Å². The van der Waals surface area contributed by atoms with Crippen molar-refractivity contribution in [2.24, 2.45) is 0 Å². The number of hydrogen-bond donors (Lipinski definition) is 1. The van der Waals surface area contributed by atoms with Crippen molar-refractivity contribution in [1.82, 2.24) is 0 Å². The van der Waals surface area contributed by atoms with Crippen LogP contribution in [0.4, 0.5) is 11.4 Å². The molecule has 1 aliphatic heterocycles. The Labute approximate surface area is 131 Å². The monoisotopic (exact) mass is 320 g/mol. The van der Waals surface area contributed by atoms with E-state index in [2.05, 4.69) is 5.32 Å². The highest BCUT2D eigenvalue weighted by molar-refractivity contribution is 6.30. The quantitative estimate of drug-likeness (QED) is 0.689. The summed E-state index contributed by atoms with van der Waals surface area (Å²) in [6.45, 7) is 0.766. The van der Waals surface area contributed by atoms with Crippen molar-refractivity contribution in [3.63, 3.8) is 0 Å². The number of anilines is 1. The van der Waals surface area contributed by atoms with Crippen molar-refractivity contribution in [3.8, 4) is 11.5 Å². The topological polar surface area (TPSA) is 73.6 Å². The number of ether oxygens (including phenoxy) is 2. The van der Waals surface area contributed by atoms with Gasteiger partial charge in [-0.05, 0) is 24.3 Å². The standard InChI is InChI=1S/C15H13ClN2O4/c16-10-5-6-12(13(7-10)18(19)20)17-8-11-9-21-14-3-1-2-4-15(14)22-11/h1-7,11,17H,8-9H2. The van der Waals surface area contributed by atoms with Gasteiger partial charge in [0.1, 0.15) is 18.4 Å². The van der Waals surface area contributed by atoms with Crippen molar-refractivity contribution in [1.29, 1.82) is 0 Å². The molecule has 1 unspecified atom stereocenters. The van der Waals surface area contributed by atoms with E-state index < -0.39 is 4.92 Å². The summed E-state index contributed by atoms with van der Waals surface area (Å²) in [5.74, 6) is 1.38. The van der Waals surface area contributed by atoms with Gasteiger partial charge in [-0.15, -0.1) is 0 Å². The zero-order valence-corrected chi connectivity index (χ0v) is 12.2. The first kappa shape index (κ1) is 14.5. The van der Waals surface area contributed by atoms with E-state index >= 15 is 0 Å². The molecule has 114 valence electrons. The summed E-state index contributed by atoms with van der Waals surface area (Å²) in [5.41, 5.74) is 0.335. The number of nitro groups is 1. The number of fused-ring (bicyclic) bond motifs is 1. The summed E-state index contributed by atoms with van der Waals surface area (Å²) in [5, 5.41) is 14.4. The van der Waals surface area contributed by atoms with Gasteiger partial charge >= 0.3 is 0 Å². The second-order valence-electron chi connectivity index (χ2n) is 4.80. The second-order valence-corrected chi connectivity index (χ2v) is 5.23. The Kier molecular flexibility index (Phi) is 4.02. The molecule has 0 radical (unpaired) electrons. The molecule has 7 heteroatoms. The van der Waals surface area contributed by atoms with Gasteiger partial charge in [-0.2, -0.15) is 0 Å². The molecule has 0 aromatic heterocycles. The van der Waals surface area contributed by atoms with E-state index in [1.807, 2.05) is 24.3 Å². The van der Waals surface area contributed by atoms with Crippen LogP contribution in [0.2, 0.25) is 5.02 Å². The van der Waals surface area contributed by atoms with Gasteiger partial charge in [0, 0.05) is 11.1 Å². The molecule has 0 amide bonds. The normalized spacial score (nSPS) is 16.1. The van der Waals surface area contributed by atoms with Gasteiger partial charge in [0.2, 0.25) is 0 Å². The van der Waals surface area contributed by atoms with E-state index in [9.17, 15) is 10.1 Å². The number of nitrogens with one attached hydrogen (secondary N) is 1. The van der Waals surface area contributed by atoms with Gasteiger partial charge in [0.05, 0.1) is 11.5 Å². The molecule has 1 heterocycles. The fraction of sp³-hybridized carbons (Fsp3) is 0.200. The van der Waals surface area contributed by atoms with Crippen LogP contribution in [0.5, 0.6) is 11.5 Å². The summed E-state index contributed by atoms with van der Waals surface area (Å²) in [7, 11) is 0. The molecule has 0 aliphatic carbocycles. The lowest BCUT2D eigenvalue weighted by Crippen LogP contribution is -2.35. The minimum atomic E-state index is -0.470. The van der Waals surface area contributed by atoms with Gasteiger partial charge in [0.25, 0.3) is 5.69 Å². The lowest BCUT2D eigenvalue weighted by molar-refractivity contribution is -0.383.